The second-order valence-electron chi connectivity index (χ2n) is 5.46. The van der Waals surface area contributed by atoms with E-state index in [1.54, 1.807) is 0 Å². The molecular weight excluding hydrogens is 224 g/mol. The van der Waals surface area contributed by atoms with Crippen LogP contribution >= 0.6 is 0 Å². The lowest BCUT2D eigenvalue weighted by molar-refractivity contribution is -0.858. The third-order valence-corrected chi connectivity index (χ3v) is 3.59. The van der Waals surface area contributed by atoms with Gasteiger partial charge in [0.15, 0.2) is 0 Å². The van der Waals surface area contributed by atoms with Crippen LogP contribution in [0.15, 0.2) is 30.3 Å². The second kappa shape index (κ2) is 6.01. The summed E-state index contributed by atoms with van der Waals surface area (Å²) in [7, 11) is 4.30. The summed E-state index contributed by atoms with van der Waals surface area (Å²) in [4.78, 5) is 15.4. The largest absolute Gasteiger partial charge is 0.342 e. The van der Waals surface area contributed by atoms with Crippen LogP contribution < -0.4 is 4.90 Å². The molecule has 1 atom stereocenters. The summed E-state index contributed by atoms with van der Waals surface area (Å²) in [5.74, 6) is 0.711. The van der Waals surface area contributed by atoms with Crippen LogP contribution in [0, 0.1) is 0 Å². The molecule has 0 aliphatic carbocycles. The van der Waals surface area contributed by atoms with E-state index in [4.69, 9.17) is 0 Å². The topological polar surface area (TPSA) is 24.8 Å². The molecule has 18 heavy (non-hydrogen) atoms. The van der Waals surface area contributed by atoms with Crippen LogP contribution in [0.5, 0.6) is 0 Å². The molecule has 1 amide bonds. The van der Waals surface area contributed by atoms with E-state index in [2.05, 4.69) is 38.4 Å². The number of nitrogens with one attached hydrogen (secondary N) is 1. The van der Waals surface area contributed by atoms with Gasteiger partial charge in [0.05, 0.1) is 20.6 Å². The zero-order valence-corrected chi connectivity index (χ0v) is 11.4. The van der Waals surface area contributed by atoms with Gasteiger partial charge in [0.25, 0.3) is 0 Å². The molecule has 98 valence electrons. The quantitative estimate of drug-likeness (QED) is 0.807. The summed E-state index contributed by atoms with van der Waals surface area (Å²) in [6.07, 6.45) is 1.77. The summed E-state index contributed by atoms with van der Waals surface area (Å²) in [5, 5.41) is 0. The number of carbonyl (C=O) groups excluding carboxylic acids is 1. The number of hydrogen-bond donors (Lipinski definition) is 1. The van der Waals surface area contributed by atoms with Gasteiger partial charge in [0, 0.05) is 31.8 Å². The molecule has 2 rings (SSSR count). The zero-order valence-electron chi connectivity index (χ0n) is 11.4. The van der Waals surface area contributed by atoms with E-state index in [0.29, 0.717) is 18.2 Å². The van der Waals surface area contributed by atoms with Gasteiger partial charge >= 0.3 is 0 Å². The van der Waals surface area contributed by atoms with Crippen LogP contribution in [0.25, 0.3) is 0 Å². The summed E-state index contributed by atoms with van der Waals surface area (Å²) >= 11 is 0. The monoisotopic (exact) mass is 247 g/mol. The number of nitrogens with zero attached hydrogens (tertiary/aromatic N) is 1. The molecule has 0 bridgehead atoms. The van der Waals surface area contributed by atoms with Crippen molar-refractivity contribution in [1.29, 1.82) is 0 Å². The van der Waals surface area contributed by atoms with E-state index in [-0.39, 0.29) is 0 Å². The number of benzene rings is 1. The van der Waals surface area contributed by atoms with Crippen LogP contribution in [0.4, 0.5) is 0 Å². The van der Waals surface area contributed by atoms with Gasteiger partial charge in [0.2, 0.25) is 5.91 Å². The lowest BCUT2D eigenvalue weighted by Crippen LogP contribution is -3.05. The fourth-order valence-electron chi connectivity index (χ4n) is 2.56. The van der Waals surface area contributed by atoms with E-state index < -0.39 is 0 Å². The predicted molar refractivity (Wildman–Crippen MR) is 72.7 cm³/mol. The van der Waals surface area contributed by atoms with Crippen molar-refractivity contribution in [2.75, 3.05) is 33.7 Å². The Labute approximate surface area is 109 Å². The highest BCUT2D eigenvalue weighted by Crippen LogP contribution is 2.27. The lowest BCUT2D eigenvalue weighted by atomic mass is 9.99. The van der Waals surface area contributed by atoms with E-state index in [9.17, 15) is 4.79 Å². The fraction of sp³-hybridized carbons (Fsp3) is 0.533. The van der Waals surface area contributed by atoms with Crippen molar-refractivity contribution in [2.45, 2.75) is 18.8 Å². The molecule has 1 aliphatic rings. The Morgan fingerprint density at radius 2 is 2.00 bits per heavy atom. The lowest BCUT2D eigenvalue weighted by Gasteiger charge is -2.17. The fourth-order valence-corrected chi connectivity index (χ4v) is 2.56. The van der Waals surface area contributed by atoms with Crippen LogP contribution in [0.2, 0.25) is 0 Å². The maximum Gasteiger partial charge on any atom is 0.223 e. The zero-order chi connectivity index (χ0) is 13.0. The highest BCUT2D eigenvalue weighted by atomic mass is 16.2. The Hall–Kier alpha value is -1.35. The van der Waals surface area contributed by atoms with Crippen molar-refractivity contribution in [3.8, 4) is 0 Å². The second-order valence-corrected chi connectivity index (χ2v) is 5.46. The van der Waals surface area contributed by atoms with Gasteiger partial charge in [-0.15, -0.1) is 0 Å². The van der Waals surface area contributed by atoms with Crippen molar-refractivity contribution >= 4 is 5.91 Å². The average Bonchev–Trinajstić information content (AvgIpc) is 2.72. The van der Waals surface area contributed by atoms with E-state index in [1.165, 1.54) is 10.5 Å². The highest BCUT2D eigenvalue weighted by molar-refractivity contribution is 5.79. The molecular formula is C15H23N2O+. The smallest absolute Gasteiger partial charge is 0.223 e. The number of carbonyl (C=O) groups is 1. The molecule has 0 unspecified atom stereocenters. The Morgan fingerprint density at radius 1 is 1.28 bits per heavy atom. The maximum absolute atomic E-state index is 12.0. The third-order valence-electron chi connectivity index (χ3n) is 3.59. The van der Waals surface area contributed by atoms with Crippen LogP contribution in [0.3, 0.4) is 0 Å². The average molecular weight is 247 g/mol. The molecule has 0 spiro atoms. The number of likely N-dealkylation sites (tertiary alicyclic amines) is 1. The maximum atomic E-state index is 12.0. The minimum absolute atomic E-state index is 0.317. The Bertz CT molecular complexity index is 389. The summed E-state index contributed by atoms with van der Waals surface area (Å²) in [6, 6.07) is 10.4. The summed E-state index contributed by atoms with van der Waals surface area (Å²) < 4.78 is 0. The highest BCUT2D eigenvalue weighted by Gasteiger charge is 2.29. The molecule has 0 saturated carbocycles. The van der Waals surface area contributed by atoms with Crippen LogP contribution in [-0.2, 0) is 4.79 Å². The minimum atomic E-state index is 0.317. The van der Waals surface area contributed by atoms with Gasteiger partial charge in [0.1, 0.15) is 0 Å². The van der Waals surface area contributed by atoms with E-state index >= 15 is 0 Å². The van der Waals surface area contributed by atoms with Crippen molar-refractivity contribution in [1.82, 2.24) is 4.90 Å². The van der Waals surface area contributed by atoms with Gasteiger partial charge in [-0.05, 0) is 5.56 Å². The number of quaternary nitrogens is 1. The summed E-state index contributed by atoms with van der Waals surface area (Å²) in [6.45, 7) is 2.93. The standard InChI is InChI=1S/C15H22N2O/c1-16(2)9-6-10-17-12-14(11-15(17)18)13-7-4-3-5-8-13/h3-5,7-8,14H,6,9-12H2,1-2H3/p+1/t14-/m1/s1. The molecule has 3 heteroatoms. The minimum Gasteiger partial charge on any atom is -0.342 e. The molecule has 1 aliphatic heterocycles. The molecule has 3 nitrogen and oxygen atoms in total. The molecule has 1 heterocycles. The van der Waals surface area contributed by atoms with Gasteiger partial charge in [-0.3, -0.25) is 4.79 Å². The van der Waals surface area contributed by atoms with Gasteiger partial charge in [-0.25, -0.2) is 0 Å². The third kappa shape index (κ3) is 3.33. The molecule has 1 fully saturated rings. The van der Waals surface area contributed by atoms with Crippen molar-refractivity contribution in [3.05, 3.63) is 35.9 Å². The van der Waals surface area contributed by atoms with Crippen LogP contribution in [-0.4, -0.2) is 44.5 Å². The predicted octanol–water partition coefficient (Wildman–Crippen LogP) is 0.537. The number of hydrogen-bond acceptors (Lipinski definition) is 1. The van der Waals surface area contributed by atoms with Gasteiger partial charge in [-0.1, -0.05) is 30.3 Å². The van der Waals surface area contributed by atoms with Crippen LogP contribution in [0.1, 0.15) is 24.3 Å². The molecule has 1 aromatic rings. The molecule has 0 radical (unpaired) electrons. The van der Waals surface area contributed by atoms with Crippen molar-refractivity contribution in [2.24, 2.45) is 0 Å². The first kappa shape index (κ1) is 13.1. The normalized spacial score (nSPS) is 19.8. The van der Waals surface area contributed by atoms with Gasteiger partial charge < -0.3 is 9.80 Å². The first-order chi connectivity index (χ1) is 8.66. The Balaban J connectivity index is 1.87. The van der Waals surface area contributed by atoms with Gasteiger partial charge in [-0.2, -0.15) is 0 Å². The van der Waals surface area contributed by atoms with Crippen molar-refractivity contribution < 1.29 is 9.69 Å². The Kier molecular flexibility index (Phi) is 4.37. The van der Waals surface area contributed by atoms with E-state index in [0.717, 1.165) is 26.1 Å². The first-order valence-electron chi connectivity index (χ1n) is 6.78. The molecule has 0 aromatic heterocycles. The molecule has 1 aromatic carbocycles. The van der Waals surface area contributed by atoms with Crippen molar-refractivity contribution in [3.63, 3.8) is 0 Å². The number of rotatable bonds is 5. The molecule has 1 N–H and O–H groups in total. The summed E-state index contributed by atoms with van der Waals surface area (Å²) in [5.41, 5.74) is 1.30. The number of amides is 1. The molecule has 1 saturated heterocycles. The SMILES string of the molecule is C[NH+](C)CCCN1C[C@H](c2ccccc2)CC1=O. The Morgan fingerprint density at radius 3 is 2.67 bits per heavy atom. The first-order valence-corrected chi connectivity index (χ1v) is 6.78. The van der Waals surface area contributed by atoms with E-state index in [1.807, 2.05) is 11.0 Å².